The molecule has 1 aliphatic carbocycles. The first-order valence-electron chi connectivity index (χ1n) is 8.99. The molecule has 26 heavy (non-hydrogen) atoms. The third kappa shape index (κ3) is 3.38. The number of amides is 1. The molecule has 3 aromatic rings. The molecule has 1 aliphatic rings. The van der Waals surface area contributed by atoms with Crippen LogP contribution in [0.15, 0.2) is 39.9 Å². The highest BCUT2D eigenvalue weighted by atomic mass is 32.2. The molecule has 5 nitrogen and oxygen atoms in total. The van der Waals surface area contributed by atoms with Crippen molar-refractivity contribution >= 4 is 28.6 Å². The number of carbonyl (C=O) groups is 1. The lowest BCUT2D eigenvalue weighted by Gasteiger charge is -2.12. The second kappa shape index (κ2) is 6.83. The molecule has 1 fully saturated rings. The van der Waals surface area contributed by atoms with Crippen molar-refractivity contribution in [1.29, 1.82) is 0 Å². The number of thioether (sulfide) groups is 1. The van der Waals surface area contributed by atoms with Crippen molar-refractivity contribution in [2.75, 3.05) is 5.75 Å². The zero-order valence-electron chi connectivity index (χ0n) is 15.3. The smallest absolute Gasteiger partial charge is 0.231 e. The van der Waals surface area contributed by atoms with Crippen molar-refractivity contribution in [2.24, 2.45) is 0 Å². The van der Waals surface area contributed by atoms with Crippen LogP contribution in [0.5, 0.6) is 0 Å². The van der Waals surface area contributed by atoms with Crippen LogP contribution in [0.1, 0.15) is 49.0 Å². The fraction of sp³-hybridized carbons (Fsp3) is 0.400. The summed E-state index contributed by atoms with van der Waals surface area (Å²) in [6, 6.07) is 10.3. The first-order valence-corrected chi connectivity index (χ1v) is 9.97. The Bertz CT molecular complexity index is 922. The van der Waals surface area contributed by atoms with E-state index in [1.54, 1.807) is 0 Å². The van der Waals surface area contributed by atoms with Gasteiger partial charge in [-0.3, -0.25) is 4.79 Å². The third-order valence-electron chi connectivity index (χ3n) is 4.85. The third-order valence-corrected chi connectivity index (χ3v) is 5.80. The molecule has 1 unspecified atom stereocenters. The SMILES string of the molecule is Cc1nc(SCC(=O)NC(C)c2cc3ccccc3o2)n(C2CC2)c1C. The van der Waals surface area contributed by atoms with Gasteiger partial charge in [0, 0.05) is 17.1 Å². The molecule has 136 valence electrons. The Balaban J connectivity index is 1.39. The molecule has 1 amide bonds. The molecular weight excluding hydrogens is 346 g/mol. The summed E-state index contributed by atoms with van der Waals surface area (Å²) in [5.41, 5.74) is 3.11. The lowest BCUT2D eigenvalue weighted by molar-refractivity contribution is -0.119. The Morgan fingerprint density at radius 3 is 2.88 bits per heavy atom. The molecule has 6 heteroatoms. The number of rotatable bonds is 6. The number of aryl methyl sites for hydroxylation is 1. The number of benzene rings is 1. The first-order chi connectivity index (χ1) is 12.5. The summed E-state index contributed by atoms with van der Waals surface area (Å²) in [6.07, 6.45) is 2.42. The summed E-state index contributed by atoms with van der Waals surface area (Å²) in [4.78, 5) is 17.0. The van der Waals surface area contributed by atoms with Crippen molar-refractivity contribution in [3.05, 3.63) is 47.5 Å². The second-order valence-electron chi connectivity index (χ2n) is 6.93. The van der Waals surface area contributed by atoms with Crippen LogP contribution in [0.25, 0.3) is 11.0 Å². The number of furan rings is 1. The van der Waals surface area contributed by atoms with E-state index in [1.807, 2.05) is 44.2 Å². The van der Waals surface area contributed by atoms with Crippen LogP contribution in [-0.2, 0) is 4.79 Å². The molecule has 1 aromatic carbocycles. The number of nitrogens with one attached hydrogen (secondary N) is 1. The van der Waals surface area contributed by atoms with Gasteiger partial charge < -0.3 is 14.3 Å². The molecule has 2 aromatic heterocycles. The fourth-order valence-electron chi connectivity index (χ4n) is 3.16. The van der Waals surface area contributed by atoms with E-state index in [9.17, 15) is 4.79 Å². The van der Waals surface area contributed by atoms with E-state index in [4.69, 9.17) is 4.42 Å². The zero-order chi connectivity index (χ0) is 18.3. The van der Waals surface area contributed by atoms with Gasteiger partial charge in [-0.25, -0.2) is 4.98 Å². The first kappa shape index (κ1) is 17.2. The van der Waals surface area contributed by atoms with Crippen molar-refractivity contribution < 1.29 is 9.21 Å². The van der Waals surface area contributed by atoms with Crippen LogP contribution in [0.2, 0.25) is 0 Å². The van der Waals surface area contributed by atoms with E-state index in [2.05, 4.69) is 21.8 Å². The minimum atomic E-state index is -0.165. The van der Waals surface area contributed by atoms with Crippen LogP contribution in [0.3, 0.4) is 0 Å². The predicted molar refractivity (Wildman–Crippen MR) is 103 cm³/mol. The predicted octanol–water partition coefficient (Wildman–Crippen LogP) is 4.55. The van der Waals surface area contributed by atoms with E-state index >= 15 is 0 Å². The number of fused-ring (bicyclic) bond motifs is 1. The highest BCUT2D eigenvalue weighted by Crippen LogP contribution is 2.39. The number of carbonyl (C=O) groups excluding carboxylic acids is 1. The molecule has 4 rings (SSSR count). The molecule has 1 saturated carbocycles. The largest absolute Gasteiger partial charge is 0.459 e. The minimum Gasteiger partial charge on any atom is -0.459 e. The summed E-state index contributed by atoms with van der Waals surface area (Å²) in [5.74, 6) is 1.12. The van der Waals surface area contributed by atoms with E-state index < -0.39 is 0 Å². The summed E-state index contributed by atoms with van der Waals surface area (Å²) in [6.45, 7) is 6.08. The molecule has 1 atom stereocenters. The van der Waals surface area contributed by atoms with Gasteiger partial charge in [0.15, 0.2) is 5.16 Å². The van der Waals surface area contributed by atoms with Crippen LogP contribution in [0, 0.1) is 13.8 Å². The van der Waals surface area contributed by atoms with E-state index in [0.717, 1.165) is 27.6 Å². The number of hydrogen-bond donors (Lipinski definition) is 1. The van der Waals surface area contributed by atoms with E-state index in [0.29, 0.717) is 11.8 Å². The summed E-state index contributed by atoms with van der Waals surface area (Å²) in [5, 5.41) is 5.03. The van der Waals surface area contributed by atoms with E-state index in [-0.39, 0.29) is 11.9 Å². The van der Waals surface area contributed by atoms with Gasteiger partial charge in [-0.05, 0) is 45.7 Å². The zero-order valence-corrected chi connectivity index (χ0v) is 16.1. The maximum Gasteiger partial charge on any atom is 0.231 e. The Morgan fingerprint density at radius 1 is 1.38 bits per heavy atom. The van der Waals surface area contributed by atoms with Crippen LogP contribution in [-0.4, -0.2) is 21.2 Å². The van der Waals surface area contributed by atoms with Crippen molar-refractivity contribution in [2.45, 2.75) is 50.9 Å². The fourth-order valence-corrected chi connectivity index (χ4v) is 4.13. The van der Waals surface area contributed by atoms with Gasteiger partial charge in [0.1, 0.15) is 11.3 Å². The van der Waals surface area contributed by atoms with Crippen molar-refractivity contribution in [1.82, 2.24) is 14.9 Å². The van der Waals surface area contributed by atoms with Gasteiger partial charge >= 0.3 is 0 Å². The average molecular weight is 369 g/mol. The topological polar surface area (TPSA) is 60.1 Å². The normalized spacial score (nSPS) is 15.3. The van der Waals surface area contributed by atoms with Crippen LogP contribution in [0.4, 0.5) is 0 Å². The number of nitrogens with zero attached hydrogens (tertiary/aromatic N) is 2. The van der Waals surface area contributed by atoms with Gasteiger partial charge in [-0.15, -0.1) is 0 Å². The average Bonchev–Trinajstić information content (AvgIpc) is 3.28. The quantitative estimate of drug-likeness (QED) is 0.648. The van der Waals surface area contributed by atoms with Crippen molar-refractivity contribution in [3.63, 3.8) is 0 Å². The number of imidazole rings is 1. The van der Waals surface area contributed by atoms with E-state index in [1.165, 1.54) is 30.3 Å². The summed E-state index contributed by atoms with van der Waals surface area (Å²) in [7, 11) is 0. The van der Waals surface area contributed by atoms with Crippen molar-refractivity contribution in [3.8, 4) is 0 Å². The molecule has 1 N–H and O–H groups in total. The Morgan fingerprint density at radius 2 is 2.15 bits per heavy atom. The van der Waals surface area contributed by atoms with Crippen LogP contribution >= 0.6 is 11.8 Å². The summed E-state index contributed by atoms with van der Waals surface area (Å²) < 4.78 is 8.12. The van der Waals surface area contributed by atoms with Crippen LogP contribution < -0.4 is 5.32 Å². The molecule has 0 bridgehead atoms. The lowest BCUT2D eigenvalue weighted by atomic mass is 10.2. The number of aromatic nitrogens is 2. The standard InChI is InChI=1S/C20H23N3O2S/c1-12-14(3)23(16-8-9-16)20(22-12)26-11-19(24)21-13(2)18-10-15-6-4-5-7-17(15)25-18/h4-7,10,13,16H,8-9,11H2,1-3H3,(H,21,24). The maximum atomic E-state index is 12.4. The molecule has 0 aliphatic heterocycles. The molecule has 2 heterocycles. The maximum absolute atomic E-state index is 12.4. The van der Waals surface area contributed by atoms with Gasteiger partial charge in [0.2, 0.25) is 5.91 Å². The van der Waals surface area contributed by atoms with Gasteiger partial charge in [0.05, 0.1) is 17.5 Å². The summed E-state index contributed by atoms with van der Waals surface area (Å²) >= 11 is 1.51. The lowest BCUT2D eigenvalue weighted by Crippen LogP contribution is -2.28. The highest BCUT2D eigenvalue weighted by Gasteiger charge is 2.29. The number of para-hydroxylation sites is 1. The Kier molecular flexibility index (Phi) is 4.53. The highest BCUT2D eigenvalue weighted by molar-refractivity contribution is 7.99. The Hall–Kier alpha value is -2.21. The molecule has 0 radical (unpaired) electrons. The second-order valence-corrected chi connectivity index (χ2v) is 7.87. The number of hydrogen-bond acceptors (Lipinski definition) is 4. The minimum absolute atomic E-state index is 0.0105. The van der Waals surface area contributed by atoms with Gasteiger partial charge in [-0.1, -0.05) is 30.0 Å². The molecule has 0 spiro atoms. The monoisotopic (exact) mass is 369 g/mol. The Labute approximate surface area is 157 Å². The molecule has 0 saturated heterocycles. The van der Waals surface area contributed by atoms with Gasteiger partial charge in [-0.2, -0.15) is 0 Å². The molecular formula is C20H23N3O2S. The van der Waals surface area contributed by atoms with Gasteiger partial charge in [0.25, 0.3) is 0 Å².